The third-order valence-corrected chi connectivity index (χ3v) is 6.97. The minimum absolute atomic E-state index is 0.0722. The molecule has 0 saturated carbocycles. The molecule has 0 aromatic heterocycles. The van der Waals surface area contributed by atoms with Crippen molar-refractivity contribution >= 4 is 27.3 Å². The average Bonchev–Trinajstić information content (AvgIpc) is 2.71. The number of rotatable bonds is 7. The molecule has 1 atom stereocenters. The lowest BCUT2D eigenvalue weighted by Gasteiger charge is -2.32. The van der Waals surface area contributed by atoms with Crippen LogP contribution in [0.2, 0.25) is 5.02 Å². The Bertz CT molecular complexity index is 1130. The normalized spacial score (nSPS) is 12.6. The first-order valence-electron chi connectivity index (χ1n) is 9.38. The molecule has 30 heavy (non-hydrogen) atoms. The molecule has 0 aliphatic rings. The van der Waals surface area contributed by atoms with Crippen molar-refractivity contribution in [2.75, 3.05) is 4.31 Å². The summed E-state index contributed by atoms with van der Waals surface area (Å²) < 4.78 is 56.8. The number of hydrogen-bond donors (Lipinski definition) is 0. The zero-order chi connectivity index (χ0) is 21.9. The van der Waals surface area contributed by atoms with E-state index in [0.717, 1.165) is 28.1 Å². The van der Waals surface area contributed by atoms with Gasteiger partial charge in [-0.05, 0) is 67.3 Å². The fourth-order valence-corrected chi connectivity index (χ4v) is 5.17. The van der Waals surface area contributed by atoms with E-state index in [1.54, 1.807) is 19.1 Å². The number of hydrogen-bond acceptors (Lipinski definition) is 2. The second-order valence-corrected chi connectivity index (χ2v) is 9.08. The third-order valence-electron chi connectivity index (χ3n) is 4.82. The van der Waals surface area contributed by atoms with Gasteiger partial charge < -0.3 is 0 Å². The van der Waals surface area contributed by atoms with E-state index in [-0.39, 0.29) is 10.6 Å². The molecule has 1 radical (unpaired) electrons. The molecule has 3 rings (SSSR count). The minimum Gasteiger partial charge on any atom is -0.256 e. The summed E-state index contributed by atoms with van der Waals surface area (Å²) in [5, 5.41) is 0.367. The number of nitrogens with zero attached hydrogens (tertiary/aromatic N) is 1. The molecule has 157 valence electrons. The van der Waals surface area contributed by atoms with Crippen molar-refractivity contribution in [3.05, 3.63) is 101 Å². The molecule has 0 bridgehead atoms. The summed E-state index contributed by atoms with van der Waals surface area (Å²) in [6.45, 7) is 5.51. The Morgan fingerprint density at radius 3 is 2.37 bits per heavy atom. The van der Waals surface area contributed by atoms with Gasteiger partial charge >= 0.3 is 0 Å². The molecule has 3 aromatic rings. The lowest BCUT2D eigenvalue weighted by molar-refractivity contribution is 0.570. The minimum atomic E-state index is -4.24. The average molecular weight is 449 g/mol. The predicted molar refractivity (Wildman–Crippen MR) is 116 cm³/mol. The third kappa shape index (κ3) is 4.50. The number of anilines is 1. The van der Waals surface area contributed by atoms with Gasteiger partial charge in [0.2, 0.25) is 0 Å². The molecule has 0 fully saturated rings. The highest BCUT2D eigenvalue weighted by Gasteiger charge is 2.33. The lowest BCUT2D eigenvalue weighted by atomic mass is 9.98. The van der Waals surface area contributed by atoms with Crippen LogP contribution in [0.5, 0.6) is 0 Å². The van der Waals surface area contributed by atoms with Gasteiger partial charge in [0.15, 0.2) is 0 Å². The first-order valence-corrected chi connectivity index (χ1v) is 11.2. The first-order chi connectivity index (χ1) is 14.3. The molecule has 0 amide bonds. The highest BCUT2D eigenvalue weighted by molar-refractivity contribution is 7.92. The lowest BCUT2D eigenvalue weighted by Crippen LogP contribution is -2.35. The number of benzene rings is 3. The predicted octanol–water partition coefficient (Wildman–Crippen LogP) is 6.34. The quantitative estimate of drug-likeness (QED) is 0.422. The highest BCUT2D eigenvalue weighted by atomic mass is 35.5. The summed E-state index contributed by atoms with van der Waals surface area (Å²) in [5.74, 6) is -1.57. The molecule has 0 aliphatic carbocycles. The summed E-state index contributed by atoms with van der Waals surface area (Å²) in [4.78, 5) is -0.0722. The van der Waals surface area contributed by atoms with Gasteiger partial charge in [-0.15, -0.1) is 0 Å². The van der Waals surface area contributed by atoms with Gasteiger partial charge in [-0.25, -0.2) is 17.2 Å². The van der Waals surface area contributed by atoms with E-state index in [2.05, 4.69) is 6.92 Å². The van der Waals surface area contributed by atoms with Crippen molar-refractivity contribution in [3.63, 3.8) is 0 Å². The zero-order valence-electron chi connectivity index (χ0n) is 16.4. The standard InChI is InChI=1S/C23H21ClF2NO2S/c1-3-6-17-7-4-5-8-21(17)16(2)27(23-15-19(25)11-14-22(23)26)30(28,29)20-12-9-18(24)10-13-20/h4-5,7-16H,1,3,6H2,2H3/t16-/m1/s1. The smallest absolute Gasteiger partial charge is 0.256 e. The maximum atomic E-state index is 14.8. The van der Waals surface area contributed by atoms with Crippen LogP contribution in [-0.2, 0) is 16.4 Å². The van der Waals surface area contributed by atoms with E-state index < -0.39 is 27.7 Å². The van der Waals surface area contributed by atoms with Gasteiger partial charge in [-0.3, -0.25) is 4.31 Å². The van der Waals surface area contributed by atoms with Gasteiger partial charge in [-0.2, -0.15) is 0 Å². The molecule has 0 aliphatic heterocycles. The zero-order valence-corrected chi connectivity index (χ0v) is 17.9. The van der Waals surface area contributed by atoms with Gasteiger partial charge in [0.25, 0.3) is 10.0 Å². The summed E-state index contributed by atoms with van der Waals surface area (Å²) in [7, 11) is -4.24. The summed E-state index contributed by atoms with van der Waals surface area (Å²) in [6.07, 6.45) is 1.24. The molecule has 0 unspecified atom stereocenters. The highest BCUT2D eigenvalue weighted by Crippen LogP contribution is 2.36. The molecule has 0 saturated heterocycles. The Labute approximate surface area is 181 Å². The van der Waals surface area contributed by atoms with Crippen molar-refractivity contribution in [2.45, 2.75) is 30.7 Å². The summed E-state index contributed by atoms with van der Waals surface area (Å²) in [5.41, 5.74) is 1.23. The van der Waals surface area contributed by atoms with Crippen LogP contribution in [0.15, 0.2) is 71.6 Å². The summed E-state index contributed by atoms with van der Waals surface area (Å²) >= 11 is 5.89. The Hall–Kier alpha value is -2.44. The molecular formula is C23H21ClF2NO2S. The maximum absolute atomic E-state index is 14.8. The Morgan fingerprint density at radius 2 is 1.70 bits per heavy atom. The summed E-state index contributed by atoms with van der Waals surface area (Å²) in [6, 6.07) is 14.8. The van der Waals surface area contributed by atoms with Crippen LogP contribution >= 0.6 is 11.6 Å². The van der Waals surface area contributed by atoms with Crippen LogP contribution in [0.3, 0.4) is 0 Å². The van der Waals surface area contributed by atoms with Gasteiger partial charge in [0.05, 0.1) is 16.6 Å². The van der Waals surface area contributed by atoms with E-state index in [0.29, 0.717) is 23.4 Å². The van der Waals surface area contributed by atoms with Crippen LogP contribution in [0, 0.1) is 18.6 Å². The van der Waals surface area contributed by atoms with E-state index in [1.807, 2.05) is 12.1 Å². The van der Waals surface area contributed by atoms with E-state index >= 15 is 0 Å². The van der Waals surface area contributed by atoms with Crippen molar-refractivity contribution in [1.82, 2.24) is 0 Å². The Balaban J connectivity index is 2.23. The largest absolute Gasteiger partial charge is 0.264 e. The van der Waals surface area contributed by atoms with Crippen LogP contribution in [-0.4, -0.2) is 8.42 Å². The van der Waals surface area contributed by atoms with E-state index in [1.165, 1.54) is 24.3 Å². The van der Waals surface area contributed by atoms with Gasteiger partial charge in [-0.1, -0.05) is 42.8 Å². The van der Waals surface area contributed by atoms with Crippen LogP contribution < -0.4 is 4.31 Å². The Morgan fingerprint density at radius 1 is 1.03 bits per heavy atom. The Kier molecular flexibility index (Phi) is 6.78. The van der Waals surface area contributed by atoms with Crippen molar-refractivity contribution in [2.24, 2.45) is 0 Å². The molecule has 0 N–H and O–H groups in total. The van der Waals surface area contributed by atoms with Crippen LogP contribution in [0.4, 0.5) is 14.5 Å². The fraction of sp³-hybridized carbons (Fsp3) is 0.174. The molecular weight excluding hydrogens is 428 g/mol. The molecule has 0 heterocycles. The number of sulfonamides is 1. The van der Waals surface area contributed by atoms with E-state index in [9.17, 15) is 17.2 Å². The fourth-order valence-electron chi connectivity index (χ4n) is 3.41. The van der Waals surface area contributed by atoms with Gasteiger partial charge in [0, 0.05) is 11.1 Å². The first kappa shape index (κ1) is 22.2. The van der Waals surface area contributed by atoms with Gasteiger partial charge in [0.1, 0.15) is 11.6 Å². The number of halogens is 3. The topological polar surface area (TPSA) is 37.4 Å². The number of aryl methyl sites for hydroxylation is 1. The van der Waals surface area contributed by atoms with Crippen molar-refractivity contribution < 1.29 is 17.2 Å². The van der Waals surface area contributed by atoms with Crippen LogP contribution in [0.25, 0.3) is 0 Å². The maximum Gasteiger partial charge on any atom is 0.264 e. The van der Waals surface area contributed by atoms with E-state index in [4.69, 9.17) is 11.6 Å². The SMILES string of the molecule is [CH2]CCc1ccccc1[C@@H](C)N(c1cc(F)ccc1F)S(=O)(=O)c1ccc(Cl)cc1. The van der Waals surface area contributed by atoms with Crippen molar-refractivity contribution in [1.29, 1.82) is 0 Å². The molecule has 3 aromatic carbocycles. The monoisotopic (exact) mass is 448 g/mol. The second kappa shape index (κ2) is 9.14. The van der Waals surface area contributed by atoms with Crippen LogP contribution in [0.1, 0.15) is 30.5 Å². The second-order valence-electron chi connectivity index (χ2n) is 6.83. The molecule has 0 spiro atoms. The molecule has 3 nitrogen and oxygen atoms in total. The molecule has 7 heteroatoms. The van der Waals surface area contributed by atoms with Crippen molar-refractivity contribution in [3.8, 4) is 0 Å².